The first-order chi connectivity index (χ1) is 8.74. The molecule has 0 spiro atoms. The third-order valence-electron chi connectivity index (χ3n) is 3.58. The van der Waals surface area contributed by atoms with E-state index in [1.165, 1.54) is 38.1 Å². The molecule has 1 saturated heterocycles. The van der Waals surface area contributed by atoms with Gasteiger partial charge in [-0.1, -0.05) is 6.92 Å². The van der Waals surface area contributed by atoms with Crippen LogP contribution in [0.25, 0.3) is 0 Å². The lowest BCUT2D eigenvalue weighted by atomic mass is 9.99. The average Bonchev–Trinajstić information content (AvgIpc) is 2.39. The lowest BCUT2D eigenvalue weighted by Gasteiger charge is -2.30. The molecule has 3 heteroatoms. The molecule has 1 aliphatic rings. The van der Waals surface area contributed by atoms with E-state index in [4.69, 9.17) is 4.74 Å². The fraction of sp³-hybridized carbons (Fsp3) is 0.600. The molecule has 18 heavy (non-hydrogen) atoms. The van der Waals surface area contributed by atoms with Crippen molar-refractivity contribution in [1.29, 1.82) is 0 Å². The molecule has 1 aromatic rings. The lowest BCUT2D eigenvalue weighted by molar-refractivity contribution is 0.177. The third-order valence-corrected chi connectivity index (χ3v) is 3.58. The molecule has 2 rings (SSSR count). The predicted molar refractivity (Wildman–Crippen MR) is 71.4 cm³/mol. The zero-order valence-corrected chi connectivity index (χ0v) is 11.1. The van der Waals surface area contributed by atoms with Crippen molar-refractivity contribution in [2.75, 3.05) is 26.2 Å². The number of hydrogen-bond donors (Lipinski definition) is 0. The first-order valence-corrected chi connectivity index (χ1v) is 6.85. The molecule has 1 aliphatic heterocycles. The molecule has 1 fully saturated rings. The summed E-state index contributed by atoms with van der Waals surface area (Å²) in [6, 6.07) is 6.22. The molecule has 0 aliphatic carbocycles. The van der Waals surface area contributed by atoms with E-state index in [1.807, 2.05) is 0 Å². The van der Waals surface area contributed by atoms with E-state index in [0.29, 0.717) is 6.61 Å². The summed E-state index contributed by atoms with van der Waals surface area (Å²) in [7, 11) is 0. The number of piperidine rings is 1. The highest BCUT2D eigenvalue weighted by molar-refractivity contribution is 5.21. The van der Waals surface area contributed by atoms with Crippen molar-refractivity contribution < 1.29 is 9.13 Å². The Balaban J connectivity index is 1.60. The summed E-state index contributed by atoms with van der Waals surface area (Å²) < 4.78 is 18.3. The second kappa shape index (κ2) is 6.74. The van der Waals surface area contributed by atoms with Crippen LogP contribution in [0.1, 0.15) is 26.2 Å². The Morgan fingerprint density at radius 1 is 1.22 bits per heavy atom. The van der Waals surface area contributed by atoms with Gasteiger partial charge in [0.1, 0.15) is 11.6 Å². The summed E-state index contributed by atoms with van der Waals surface area (Å²) in [6.45, 7) is 6.58. The van der Waals surface area contributed by atoms with Gasteiger partial charge in [0.05, 0.1) is 6.61 Å². The van der Waals surface area contributed by atoms with Crippen LogP contribution in [0.15, 0.2) is 24.3 Å². The maximum atomic E-state index is 12.7. The molecular weight excluding hydrogens is 229 g/mol. The molecule has 100 valence electrons. The van der Waals surface area contributed by atoms with Crippen LogP contribution in [-0.2, 0) is 0 Å². The van der Waals surface area contributed by atoms with Crippen LogP contribution in [0.4, 0.5) is 4.39 Å². The van der Waals surface area contributed by atoms with Gasteiger partial charge in [-0.25, -0.2) is 4.39 Å². The minimum absolute atomic E-state index is 0.218. The molecule has 0 unspecified atom stereocenters. The summed E-state index contributed by atoms with van der Waals surface area (Å²) in [5.41, 5.74) is 0. The number of benzene rings is 1. The molecule has 2 nitrogen and oxygen atoms in total. The van der Waals surface area contributed by atoms with Gasteiger partial charge in [-0.05, 0) is 62.5 Å². The fourth-order valence-electron chi connectivity index (χ4n) is 2.29. The summed E-state index contributed by atoms with van der Waals surface area (Å²) in [5, 5.41) is 0. The Labute approximate surface area is 109 Å². The molecule has 0 radical (unpaired) electrons. The largest absolute Gasteiger partial charge is 0.494 e. The molecule has 0 bridgehead atoms. The van der Waals surface area contributed by atoms with E-state index in [9.17, 15) is 4.39 Å². The van der Waals surface area contributed by atoms with Crippen molar-refractivity contribution in [1.82, 2.24) is 4.90 Å². The smallest absolute Gasteiger partial charge is 0.123 e. The highest BCUT2D eigenvalue weighted by Crippen LogP contribution is 2.16. The zero-order valence-electron chi connectivity index (χ0n) is 11.1. The van der Waals surface area contributed by atoms with Gasteiger partial charge in [0.2, 0.25) is 0 Å². The number of hydrogen-bond acceptors (Lipinski definition) is 2. The SMILES string of the molecule is CC1CCN(CCCOc2ccc(F)cc2)CC1. The Morgan fingerprint density at radius 3 is 2.56 bits per heavy atom. The molecule has 0 atom stereocenters. The van der Waals surface area contributed by atoms with Crippen molar-refractivity contribution in [3.63, 3.8) is 0 Å². The number of ether oxygens (including phenoxy) is 1. The van der Waals surface area contributed by atoms with Crippen LogP contribution >= 0.6 is 0 Å². The van der Waals surface area contributed by atoms with Crippen LogP contribution in [0.5, 0.6) is 5.75 Å². The summed E-state index contributed by atoms with van der Waals surface area (Å²) in [5.74, 6) is 1.42. The number of likely N-dealkylation sites (tertiary alicyclic amines) is 1. The maximum absolute atomic E-state index is 12.7. The summed E-state index contributed by atoms with van der Waals surface area (Å²) in [6.07, 6.45) is 3.67. The van der Waals surface area contributed by atoms with Gasteiger partial charge in [-0.2, -0.15) is 0 Å². The van der Waals surface area contributed by atoms with E-state index in [0.717, 1.165) is 24.6 Å². The Bertz CT molecular complexity index is 344. The lowest BCUT2D eigenvalue weighted by Crippen LogP contribution is -2.34. The molecule has 0 N–H and O–H groups in total. The topological polar surface area (TPSA) is 12.5 Å². The number of nitrogens with zero attached hydrogens (tertiary/aromatic N) is 1. The second-order valence-corrected chi connectivity index (χ2v) is 5.18. The van der Waals surface area contributed by atoms with Crippen LogP contribution in [-0.4, -0.2) is 31.1 Å². The average molecular weight is 251 g/mol. The first-order valence-electron chi connectivity index (χ1n) is 6.85. The number of rotatable bonds is 5. The maximum Gasteiger partial charge on any atom is 0.123 e. The number of halogens is 1. The van der Waals surface area contributed by atoms with E-state index >= 15 is 0 Å². The highest BCUT2D eigenvalue weighted by Gasteiger charge is 2.14. The van der Waals surface area contributed by atoms with Crippen molar-refractivity contribution in [3.05, 3.63) is 30.1 Å². The molecule has 0 saturated carbocycles. The van der Waals surface area contributed by atoms with Crippen molar-refractivity contribution in [2.45, 2.75) is 26.2 Å². The first kappa shape index (κ1) is 13.3. The van der Waals surface area contributed by atoms with E-state index in [2.05, 4.69) is 11.8 Å². The van der Waals surface area contributed by atoms with Gasteiger partial charge in [-0.3, -0.25) is 0 Å². The molecule has 1 heterocycles. The van der Waals surface area contributed by atoms with Crippen LogP contribution in [0, 0.1) is 11.7 Å². The standard InChI is InChI=1S/C15H22FNO/c1-13-7-10-17(11-8-13)9-2-12-18-15-5-3-14(16)4-6-15/h3-6,13H,2,7-12H2,1H3. The minimum atomic E-state index is -0.218. The normalized spacial score (nSPS) is 17.9. The highest BCUT2D eigenvalue weighted by atomic mass is 19.1. The quantitative estimate of drug-likeness (QED) is 0.744. The molecule has 0 amide bonds. The zero-order chi connectivity index (χ0) is 12.8. The summed E-state index contributed by atoms with van der Waals surface area (Å²) in [4.78, 5) is 2.51. The third kappa shape index (κ3) is 4.30. The van der Waals surface area contributed by atoms with Crippen molar-refractivity contribution in [2.24, 2.45) is 5.92 Å². The Kier molecular flexibility index (Phi) is 5.00. The van der Waals surface area contributed by atoms with Gasteiger partial charge in [0, 0.05) is 6.54 Å². The Morgan fingerprint density at radius 2 is 1.89 bits per heavy atom. The molecule has 1 aromatic carbocycles. The van der Waals surface area contributed by atoms with Crippen molar-refractivity contribution in [3.8, 4) is 5.75 Å². The second-order valence-electron chi connectivity index (χ2n) is 5.18. The monoisotopic (exact) mass is 251 g/mol. The van der Waals surface area contributed by atoms with E-state index in [1.54, 1.807) is 12.1 Å². The van der Waals surface area contributed by atoms with Gasteiger partial charge >= 0.3 is 0 Å². The van der Waals surface area contributed by atoms with Gasteiger partial charge in [-0.15, -0.1) is 0 Å². The van der Waals surface area contributed by atoms with E-state index < -0.39 is 0 Å². The minimum Gasteiger partial charge on any atom is -0.494 e. The van der Waals surface area contributed by atoms with Crippen LogP contribution in [0.2, 0.25) is 0 Å². The van der Waals surface area contributed by atoms with Crippen molar-refractivity contribution >= 4 is 0 Å². The fourth-order valence-corrected chi connectivity index (χ4v) is 2.29. The van der Waals surface area contributed by atoms with E-state index in [-0.39, 0.29) is 5.82 Å². The summed E-state index contributed by atoms with van der Waals surface area (Å²) >= 11 is 0. The Hall–Kier alpha value is -1.09. The van der Waals surface area contributed by atoms with Crippen LogP contribution < -0.4 is 4.74 Å². The van der Waals surface area contributed by atoms with Crippen LogP contribution in [0.3, 0.4) is 0 Å². The van der Waals surface area contributed by atoms with Gasteiger partial charge < -0.3 is 9.64 Å². The molecule has 0 aromatic heterocycles. The van der Waals surface area contributed by atoms with Gasteiger partial charge in [0.15, 0.2) is 0 Å². The predicted octanol–water partition coefficient (Wildman–Crippen LogP) is 3.33. The van der Waals surface area contributed by atoms with Gasteiger partial charge in [0.25, 0.3) is 0 Å². The molecular formula is C15H22FNO.